The second-order valence-electron chi connectivity index (χ2n) is 12.0. The highest BCUT2D eigenvalue weighted by molar-refractivity contribution is 5.98. The molecular weight excluding hydrogens is 556 g/mol. The second kappa shape index (κ2) is 13.2. The van der Waals surface area contributed by atoms with E-state index in [1.165, 1.54) is 18.1 Å². The lowest BCUT2D eigenvalue weighted by Crippen LogP contribution is -2.35. The van der Waals surface area contributed by atoms with Gasteiger partial charge >= 0.3 is 18.1 Å². The number of piperidine rings is 1. The Morgan fingerprint density at radius 1 is 0.909 bits per heavy atom. The number of nitrogens with zero attached hydrogens (tertiary/aromatic N) is 2. The summed E-state index contributed by atoms with van der Waals surface area (Å²) in [6.07, 6.45) is 4.51. The normalized spacial score (nSPS) is 14.1. The van der Waals surface area contributed by atoms with Gasteiger partial charge in [-0.1, -0.05) is 48.5 Å². The van der Waals surface area contributed by atoms with Crippen molar-refractivity contribution < 1.29 is 23.9 Å². The molecule has 1 saturated heterocycles. The van der Waals surface area contributed by atoms with E-state index in [2.05, 4.69) is 27.7 Å². The van der Waals surface area contributed by atoms with E-state index in [0.29, 0.717) is 22.2 Å². The second-order valence-corrected chi connectivity index (χ2v) is 12.0. The highest BCUT2D eigenvalue weighted by Crippen LogP contribution is 2.33. The maximum absolute atomic E-state index is 13.6. The number of methoxy groups -OCH3 is 1. The Bertz CT molecular complexity index is 1630. The van der Waals surface area contributed by atoms with Crippen molar-refractivity contribution in [3.63, 3.8) is 0 Å². The molecule has 9 nitrogen and oxygen atoms in total. The largest absolute Gasteiger partial charge is 0.469 e. The molecule has 3 aromatic carbocycles. The first-order chi connectivity index (χ1) is 21.1. The van der Waals surface area contributed by atoms with Crippen LogP contribution in [0.4, 0.5) is 21.0 Å². The van der Waals surface area contributed by atoms with E-state index < -0.39 is 17.7 Å². The maximum atomic E-state index is 13.6. The number of amides is 2. The fourth-order valence-electron chi connectivity index (χ4n) is 5.65. The van der Waals surface area contributed by atoms with Gasteiger partial charge in [0.1, 0.15) is 5.60 Å². The molecule has 1 unspecified atom stereocenters. The first kappa shape index (κ1) is 30.7. The van der Waals surface area contributed by atoms with Crippen LogP contribution in [0.2, 0.25) is 0 Å². The zero-order valence-corrected chi connectivity index (χ0v) is 25.8. The van der Waals surface area contributed by atoms with Gasteiger partial charge in [0.05, 0.1) is 25.1 Å². The van der Waals surface area contributed by atoms with Gasteiger partial charge in [0.25, 0.3) is 0 Å². The number of nitrogens with one attached hydrogen (secondary N) is 2. The van der Waals surface area contributed by atoms with Gasteiger partial charge in [-0.2, -0.15) is 0 Å². The number of urea groups is 1. The number of hydrogen-bond donors (Lipinski definition) is 2. The van der Waals surface area contributed by atoms with Gasteiger partial charge in [-0.05, 0) is 75.4 Å². The van der Waals surface area contributed by atoms with Crippen LogP contribution in [0.15, 0.2) is 79.0 Å². The van der Waals surface area contributed by atoms with Gasteiger partial charge in [-0.25, -0.2) is 9.59 Å². The number of fused-ring (bicyclic) bond motifs is 1. The molecule has 5 rings (SSSR count). The van der Waals surface area contributed by atoms with Crippen molar-refractivity contribution in [1.29, 1.82) is 0 Å². The number of aromatic nitrogens is 1. The number of rotatable bonds is 7. The van der Waals surface area contributed by atoms with E-state index in [0.717, 1.165) is 42.7 Å². The third kappa shape index (κ3) is 7.22. The summed E-state index contributed by atoms with van der Waals surface area (Å²) < 4.78 is 11.8. The van der Waals surface area contributed by atoms with Crippen molar-refractivity contribution in [3.8, 4) is 0 Å². The van der Waals surface area contributed by atoms with Gasteiger partial charge in [0.2, 0.25) is 0 Å². The third-order valence-corrected chi connectivity index (χ3v) is 7.65. The summed E-state index contributed by atoms with van der Waals surface area (Å²) in [5.41, 5.74) is 4.08. The molecule has 230 valence electrons. The Balaban J connectivity index is 1.44. The van der Waals surface area contributed by atoms with E-state index in [1.54, 1.807) is 45.2 Å². The van der Waals surface area contributed by atoms with Gasteiger partial charge in [0.15, 0.2) is 0 Å². The van der Waals surface area contributed by atoms with Gasteiger partial charge in [-0.3, -0.25) is 9.36 Å². The molecule has 1 fully saturated rings. The molecule has 1 aliphatic rings. The lowest BCUT2D eigenvalue weighted by molar-refractivity contribution is -0.139. The fourth-order valence-corrected chi connectivity index (χ4v) is 5.65. The van der Waals surface area contributed by atoms with Crippen molar-refractivity contribution in [1.82, 2.24) is 9.88 Å². The van der Waals surface area contributed by atoms with Gasteiger partial charge < -0.3 is 25.0 Å². The average Bonchev–Trinajstić information content (AvgIpc) is 3.37. The molecule has 2 amide bonds. The minimum atomic E-state index is -0.697. The van der Waals surface area contributed by atoms with Crippen LogP contribution in [0.1, 0.15) is 62.8 Å². The summed E-state index contributed by atoms with van der Waals surface area (Å²) in [6, 6.07) is 22.6. The average molecular weight is 597 g/mol. The Kier molecular flexibility index (Phi) is 9.23. The molecule has 2 N–H and O–H groups in total. The Hall–Kier alpha value is -4.79. The summed E-state index contributed by atoms with van der Waals surface area (Å²) in [5.74, 6) is -0.442. The number of ether oxygens (including phenoxy) is 2. The predicted molar refractivity (Wildman–Crippen MR) is 172 cm³/mol. The van der Waals surface area contributed by atoms with E-state index in [9.17, 15) is 14.4 Å². The summed E-state index contributed by atoms with van der Waals surface area (Å²) in [4.78, 5) is 41.2. The lowest BCUT2D eigenvalue weighted by Gasteiger charge is -2.33. The van der Waals surface area contributed by atoms with E-state index in [4.69, 9.17) is 9.47 Å². The number of benzene rings is 3. The van der Waals surface area contributed by atoms with Crippen LogP contribution in [0, 0.1) is 0 Å². The number of anilines is 2. The number of para-hydroxylation sites is 1. The van der Waals surface area contributed by atoms with Gasteiger partial charge in [0, 0.05) is 41.6 Å². The van der Waals surface area contributed by atoms with Crippen LogP contribution in [0.5, 0.6) is 0 Å². The summed E-state index contributed by atoms with van der Waals surface area (Å²) in [6.45, 7) is 7.35. The summed E-state index contributed by atoms with van der Waals surface area (Å²) >= 11 is 0. The Morgan fingerprint density at radius 3 is 2.32 bits per heavy atom. The fraction of sp³-hybridized carbons (Fsp3) is 0.343. The summed E-state index contributed by atoms with van der Waals surface area (Å²) in [5, 5.41) is 6.80. The molecule has 0 saturated carbocycles. The highest BCUT2D eigenvalue weighted by atomic mass is 16.6. The van der Waals surface area contributed by atoms with Crippen LogP contribution < -0.4 is 15.5 Å². The van der Waals surface area contributed by atoms with E-state index in [-0.39, 0.29) is 18.5 Å². The zero-order chi connectivity index (χ0) is 31.3. The maximum Gasteiger partial charge on any atom is 0.419 e. The van der Waals surface area contributed by atoms with Crippen molar-refractivity contribution in [2.75, 3.05) is 30.4 Å². The molecule has 4 aromatic rings. The van der Waals surface area contributed by atoms with Crippen molar-refractivity contribution >= 4 is 40.4 Å². The van der Waals surface area contributed by atoms with Crippen LogP contribution in [0.3, 0.4) is 0 Å². The minimum absolute atomic E-state index is 0.0399. The predicted octanol–water partition coefficient (Wildman–Crippen LogP) is 7.04. The first-order valence-electron chi connectivity index (χ1n) is 15.0. The van der Waals surface area contributed by atoms with Gasteiger partial charge in [-0.15, -0.1) is 0 Å². The summed E-state index contributed by atoms with van der Waals surface area (Å²) in [7, 11) is 1.32. The molecule has 1 aromatic heterocycles. The van der Waals surface area contributed by atoms with Crippen molar-refractivity contribution in [2.24, 2.45) is 0 Å². The number of hydrogen-bond acceptors (Lipinski definition) is 6. The SMILES string of the molecule is COC(=O)Cc1cn(C(=O)OC(C)(C)C)c2ccc(NC(=O)NC(c3ccccc3)c3ccccc3N3CCCCC3)cc12. The monoisotopic (exact) mass is 596 g/mol. The molecule has 0 radical (unpaired) electrons. The quantitative estimate of drug-likeness (QED) is 0.222. The van der Waals surface area contributed by atoms with Crippen LogP contribution in [-0.4, -0.2) is 48.5 Å². The molecule has 0 bridgehead atoms. The first-order valence-corrected chi connectivity index (χ1v) is 15.0. The molecule has 44 heavy (non-hydrogen) atoms. The van der Waals surface area contributed by atoms with E-state index in [1.807, 2.05) is 42.5 Å². The van der Waals surface area contributed by atoms with Crippen LogP contribution in [0.25, 0.3) is 10.9 Å². The lowest BCUT2D eigenvalue weighted by atomic mass is 9.96. The molecule has 9 heteroatoms. The molecule has 2 heterocycles. The molecular formula is C35H40N4O5. The van der Waals surface area contributed by atoms with Crippen molar-refractivity contribution in [3.05, 3.63) is 95.7 Å². The Labute approximate surface area is 258 Å². The van der Waals surface area contributed by atoms with Crippen LogP contribution >= 0.6 is 0 Å². The number of carbonyl (C=O) groups excluding carboxylic acids is 3. The van der Waals surface area contributed by atoms with Crippen molar-refractivity contribution in [2.45, 2.75) is 58.1 Å². The third-order valence-electron chi connectivity index (χ3n) is 7.65. The molecule has 0 aliphatic carbocycles. The standard InChI is InChI=1S/C35H40N4O5/c1-35(2,3)44-34(42)39-23-25(21-31(40)43-4)28-22-26(17-18-30(28)39)36-33(41)37-32(24-13-7-5-8-14-24)27-15-9-10-16-29(27)38-19-11-6-12-20-38/h5,7-10,13-18,22-23,32H,6,11-12,19-21H2,1-4H3,(H2,36,37,41). The highest BCUT2D eigenvalue weighted by Gasteiger charge is 2.25. The zero-order valence-electron chi connectivity index (χ0n) is 25.8. The molecule has 0 spiro atoms. The van der Waals surface area contributed by atoms with Crippen LogP contribution in [-0.2, 0) is 20.7 Å². The minimum Gasteiger partial charge on any atom is -0.469 e. The molecule has 1 aliphatic heterocycles. The number of esters is 1. The molecule has 1 atom stereocenters. The number of carbonyl (C=O) groups is 3. The van der Waals surface area contributed by atoms with E-state index >= 15 is 0 Å². The Morgan fingerprint density at radius 2 is 1.61 bits per heavy atom. The smallest absolute Gasteiger partial charge is 0.419 e. The topological polar surface area (TPSA) is 102 Å².